The van der Waals surface area contributed by atoms with Crippen LogP contribution in [0.5, 0.6) is 0 Å². The fraction of sp³-hybridized carbons (Fsp3) is 0.222. The fourth-order valence-corrected chi connectivity index (χ4v) is 1.96. The van der Waals surface area contributed by atoms with Gasteiger partial charge >= 0.3 is 0 Å². The van der Waals surface area contributed by atoms with Crippen LogP contribution < -0.4 is 5.32 Å². The van der Waals surface area contributed by atoms with E-state index in [1.54, 1.807) is 6.26 Å². The van der Waals surface area contributed by atoms with Crippen molar-refractivity contribution in [3.05, 3.63) is 30.3 Å². The Balaban J connectivity index is 2.50. The van der Waals surface area contributed by atoms with E-state index in [0.29, 0.717) is 10.7 Å². The Morgan fingerprint density at radius 2 is 2.08 bits per heavy atom. The summed E-state index contributed by atoms with van der Waals surface area (Å²) < 4.78 is 10.8. The first-order valence-corrected chi connectivity index (χ1v) is 5.97. The van der Waals surface area contributed by atoms with Crippen molar-refractivity contribution < 1.29 is 4.21 Å². The third-order valence-electron chi connectivity index (χ3n) is 1.39. The fourth-order valence-electron chi connectivity index (χ4n) is 0.903. The van der Waals surface area contributed by atoms with E-state index in [1.165, 1.54) is 0 Å². The van der Waals surface area contributed by atoms with Crippen LogP contribution in [-0.4, -0.2) is 21.2 Å². The molecule has 0 aliphatic heterocycles. The second kappa shape index (κ2) is 5.09. The molecule has 2 nitrogen and oxygen atoms in total. The monoisotopic (exact) mass is 213 g/mol. The second-order valence-corrected chi connectivity index (χ2v) is 4.56. The summed E-state index contributed by atoms with van der Waals surface area (Å²) in [5, 5.41) is 3.01. The molecule has 0 bridgehead atoms. The summed E-state index contributed by atoms with van der Waals surface area (Å²) in [6, 6.07) is 9.63. The van der Waals surface area contributed by atoms with Gasteiger partial charge in [-0.15, -0.1) is 0 Å². The quantitative estimate of drug-likeness (QED) is 0.776. The number of para-hydroxylation sites is 1. The Morgan fingerprint density at radius 3 is 2.62 bits per heavy atom. The van der Waals surface area contributed by atoms with Gasteiger partial charge in [0.05, 0.1) is 10.7 Å². The lowest BCUT2D eigenvalue weighted by atomic mass is 10.3. The molecular weight excluding hydrogens is 202 g/mol. The summed E-state index contributed by atoms with van der Waals surface area (Å²) in [5.74, 6) is 0.421. The molecule has 1 aromatic rings. The average molecular weight is 213 g/mol. The lowest BCUT2D eigenvalue weighted by Gasteiger charge is -2.05. The summed E-state index contributed by atoms with van der Waals surface area (Å²) in [6.07, 6.45) is 1.64. The van der Waals surface area contributed by atoms with Gasteiger partial charge in [-0.05, 0) is 12.1 Å². The van der Waals surface area contributed by atoms with Crippen LogP contribution in [0.1, 0.15) is 0 Å². The number of thiocarbonyl (C=S) groups is 1. The zero-order valence-electron chi connectivity index (χ0n) is 7.32. The largest absolute Gasteiger partial charge is 0.349 e. The zero-order valence-corrected chi connectivity index (χ0v) is 8.95. The molecule has 0 heterocycles. The minimum atomic E-state index is -0.873. The van der Waals surface area contributed by atoms with Gasteiger partial charge in [0.1, 0.15) is 0 Å². The first-order chi connectivity index (χ1) is 6.18. The molecule has 70 valence electrons. The molecule has 0 saturated heterocycles. The van der Waals surface area contributed by atoms with Crippen molar-refractivity contribution in [3.63, 3.8) is 0 Å². The van der Waals surface area contributed by atoms with Crippen molar-refractivity contribution in [2.45, 2.75) is 0 Å². The van der Waals surface area contributed by atoms with Crippen LogP contribution in [0.2, 0.25) is 0 Å². The summed E-state index contributed by atoms with van der Waals surface area (Å²) in [4.78, 5) is 0.618. The Morgan fingerprint density at radius 1 is 1.46 bits per heavy atom. The Bertz CT molecular complexity index is 311. The molecule has 1 unspecified atom stereocenters. The zero-order chi connectivity index (χ0) is 9.68. The normalized spacial score (nSPS) is 12.1. The Hall–Kier alpha value is -0.740. The first-order valence-electron chi connectivity index (χ1n) is 3.83. The molecule has 0 saturated carbocycles. The second-order valence-electron chi connectivity index (χ2n) is 2.63. The number of anilines is 1. The summed E-state index contributed by atoms with van der Waals surface area (Å²) in [6.45, 7) is 0. The molecule has 0 aromatic heterocycles. The van der Waals surface area contributed by atoms with Crippen LogP contribution in [-0.2, 0) is 10.8 Å². The molecule has 0 aliphatic carbocycles. The van der Waals surface area contributed by atoms with Gasteiger partial charge in [0.2, 0.25) is 0 Å². The smallest absolute Gasteiger partial charge is 0.0923 e. The van der Waals surface area contributed by atoms with Crippen molar-refractivity contribution in [1.82, 2.24) is 0 Å². The van der Waals surface area contributed by atoms with Crippen LogP contribution in [0.3, 0.4) is 0 Å². The number of rotatable bonds is 3. The van der Waals surface area contributed by atoms with Crippen molar-refractivity contribution in [1.29, 1.82) is 0 Å². The third-order valence-corrected chi connectivity index (χ3v) is 2.52. The van der Waals surface area contributed by atoms with Crippen LogP contribution in [0.4, 0.5) is 5.69 Å². The van der Waals surface area contributed by atoms with Gasteiger partial charge in [-0.2, -0.15) is 0 Å². The van der Waals surface area contributed by atoms with Gasteiger partial charge in [-0.3, -0.25) is 4.21 Å². The maximum atomic E-state index is 10.8. The van der Waals surface area contributed by atoms with E-state index in [1.807, 2.05) is 30.3 Å². The predicted molar refractivity (Wildman–Crippen MR) is 61.6 cm³/mol. The molecule has 1 N–H and O–H groups in total. The van der Waals surface area contributed by atoms with E-state index >= 15 is 0 Å². The topological polar surface area (TPSA) is 29.1 Å². The van der Waals surface area contributed by atoms with Gasteiger partial charge in [0, 0.05) is 22.7 Å². The highest BCUT2D eigenvalue weighted by Crippen LogP contribution is 2.04. The Labute approximate surface area is 85.8 Å². The van der Waals surface area contributed by atoms with Crippen LogP contribution in [0.25, 0.3) is 0 Å². The van der Waals surface area contributed by atoms with E-state index in [-0.39, 0.29) is 0 Å². The lowest BCUT2D eigenvalue weighted by molar-refractivity contribution is 0.689. The van der Waals surface area contributed by atoms with E-state index < -0.39 is 10.8 Å². The van der Waals surface area contributed by atoms with Crippen LogP contribution >= 0.6 is 12.2 Å². The van der Waals surface area contributed by atoms with Gasteiger partial charge in [0.25, 0.3) is 0 Å². The van der Waals surface area contributed by atoms with E-state index in [9.17, 15) is 4.21 Å². The minimum absolute atomic E-state index is 0.421. The average Bonchev–Trinajstić information content (AvgIpc) is 2.04. The van der Waals surface area contributed by atoms with Gasteiger partial charge in [-0.1, -0.05) is 30.4 Å². The molecule has 1 rings (SSSR count). The maximum absolute atomic E-state index is 10.8. The molecule has 13 heavy (non-hydrogen) atoms. The first kappa shape index (κ1) is 10.3. The minimum Gasteiger partial charge on any atom is -0.349 e. The molecule has 4 heteroatoms. The summed E-state index contributed by atoms with van der Waals surface area (Å²) in [7, 11) is -0.873. The number of benzene rings is 1. The number of hydrogen-bond acceptors (Lipinski definition) is 2. The van der Waals surface area contributed by atoms with Crippen molar-refractivity contribution in [2.75, 3.05) is 17.3 Å². The lowest BCUT2D eigenvalue weighted by Crippen LogP contribution is -2.16. The van der Waals surface area contributed by atoms with E-state index in [4.69, 9.17) is 12.2 Å². The molecule has 0 fully saturated rings. The van der Waals surface area contributed by atoms with Crippen LogP contribution in [0.15, 0.2) is 30.3 Å². The summed E-state index contributed by atoms with van der Waals surface area (Å²) in [5.41, 5.74) is 0.943. The molecular formula is C9H11NOS2. The highest BCUT2D eigenvalue weighted by molar-refractivity contribution is 7.88. The SMILES string of the molecule is CS(=O)CC(=S)Nc1ccccc1. The molecule has 0 spiro atoms. The predicted octanol–water partition coefficient (Wildman–Crippen LogP) is 1.80. The van der Waals surface area contributed by atoms with E-state index in [2.05, 4.69) is 5.32 Å². The molecule has 0 aliphatic rings. The number of nitrogens with one attached hydrogen (secondary N) is 1. The highest BCUT2D eigenvalue weighted by Gasteiger charge is 1.98. The maximum Gasteiger partial charge on any atom is 0.0923 e. The van der Waals surface area contributed by atoms with Gasteiger partial charge in [-0.25, -0.2) is 0 Å². The van der Waals surface area contributed by atoms with E-state index in [0.717, 1.165) is 5.69 Å². The highest BCUT2D eigenvalue weighted by atomic mass is 32.2. The van der Waals surface area contributed by atoms with Crippen molar-refractivity contribution in [2.24, 2.45) is 0 Å². The molecule has 0 amide bonds. The van der Waals surface area contributed by atoms with Crippen molar-refractivity contribution >= 4 is 33.7 Å². The molecule has 1 atom stereocenters. The number of hydrogen-bond donors (Lipinski definition) is 1. The summed E-state index contributed by atoms with van der Waals surface area (Å²) >= 11 is 5.01. The molecule has 1 aromatic carbocycles. The van der Waals surface area contributed by atoms with Crippen molar-refractivity contribution in [3.8, 4) is 0 Å². The standard InChI is InChI=1S/C9H11NOS2/c1-13(11)7-9(12)10-8-5-3-2-4-6-8/h2-6H,7H2,1H3,(H,10,12). The van der Waals surface area contributed by atoms with Gasteiger partial charge < -0.3 is 5.32 Å². The third kappa shape index (κ3) is 4.15. The van der Waals surface area contributed by atoms with Gasteiger partial charge in [0.15, 0.2) is 0 Å². The molecule has 0 radical (unpaired) electrons. The van der Waals surface area contributed by atoms with Crippen LogP contribution in [0, 0.1) is 0 Å². The Kier molecular flexibility index (Phi) is 4.05.